The number of rotatable bonds is 11. The fourth-order valence-electron chi connectivity index (χ4n) is 6.78. The number of carbonyl (C=O) groups excluding carboxylic acids is 3. The van der Waals surface area contributed by atoms with Crippen LogP contribution in [0.5, 0.6) is 0 Å². The normalized spacial score (nSPS) is 29.7. The largest absolute Gasteiger partial charge is 0.359 e. The zero-order chi connectivity index (χ0) is 27.6. The monoisotopic (exact) mass is 554 g/mol. The van der Waals surface area contributed by atoms with Crippen molar-refractivity contribution in [1.29, 1.82) is 0 Å². The number of ether oxygens (including phenoxy) is 1. The summed E-state index contributed by atoms with van der Waals surface area (Å²) in [4.78, 5) is 46.6. The lowest BCUT2D eigenvalue weighted by Crippen LogP contribution is -2.57. The van der Waals surface area contributed by atoms with E-state index in [-0.39, 0.29) is 23.8 Å². The van der Waals surface area contributed by atoms with E-state index in [2.05, 4.69) is 22.5 Å². The summed E-state index contributed by atoms with van der Waals surface area (Å²) in [7, 11) is 2.05. The Bertz CT molecular complexity index is 1110. The van der Waals surface area contributed by atoms with Crippen LogP contribution in [0.2, 0.25) is 0 Å². The Hall–Kier alpha value is -2.36. The van der Waals surface area contributed by atoms with Crippen molar-refractivity contribution in [3.05, 3.63) is 36.4 Å². The predicted octanol–water partition coefficient (Wildman–Crippen LogP) is 3.68. The van der Waals surface area contributed by atoms with Gasteiger partial charge in [0.25, 0.3) is 0 Å². The van der Waals surface area contributed by atoms with E-state index in [1.54, 1.807) is 16.7 Å². The molecule has 0 radical (unpaired) electrons. The Balaban J connectivity index is 1.40. The minimum absolute atomic E-state index is 0.122. The second-order valence-corrected chi connectivity index (χ2v) is 12.3. The molecule has 3 aliphatic heterocycles. The van der Waals surface area contributed by atoms with E-state index in [9.17, 15) is 14.4 Å². The number of likely N-dealkylation sites (tertiary alicyclic amines) is 1. The number of likely N-dealkylation sites (N-methyl/N-ethyl adjacent to an activating group) is 1. The van der Waals surface area contributed by atoms with Crippen molar-refractivity contribution in [2.75, 3.05) is 38.3 Å². The number of unbranched alkanes of at least 4 members (excludes halogenated alkanes) is 1. The average Bonchev–Trinajstić information content (AvgIpc) is 3.58. The Morgan fingerprint density at radius 2 is 1.97 bits per heavy atom. The number of benzene rings is 1. The molecule has 212 valence electrons. The van der Waals surface area contributed by atoms with Gasteiger partial charge in [-0.05, 0) is 57.3 Å². The first-order valence-corrected chi connectivity index (χ1v) is 15.7. The highest BCUT2D eigenvalue weighted by atomic mass is 32.2. The number of hydrogen-bond donors (Lipinski definition) is 2. The number of carbonyl (C=O) groups is 3. The number of nitrogens with zero attached hydrogens (tertiary/aromatic N) is 2. The van der Waals surface area contributed by atoms with Gasteiger partial charge >= 0.3 is 0 Å². The molecule has 3 heterocycles. The number of anilines is 1. The van der Waals surface area contributed by atoms with Crippen LogP contribution < -0.4 is 10.6 Å². The lowest BCUT2D eigenvalue weighted by atomic mass is 9.74. The molecular weight excluding hydrogens is 512 g/mol. The van der Waals surface area contributed by atoms with Gasteiger partial charge in [0, 0.05) is 29.7 Å². The number of thioether (sulfide) groups is 1. The molecule has 2 bridgehead atoms. The van der Waals surface area contributed by atoms with Crippen molar-refractivity contribution in [2.45, 2.75) is 80.6 Å². The van der Waals surface area contributed by atoms with Gasteiger partial charge in [-0.1, -0.05) is 50.8 Å². The minimum atomic E-state index is -1.12. The predicted molar refractivity (Wildman–Crippen MR) is 153 cm³/mol. The Morgan fingerprint density at radius 1 is 1.18 bits per heavy atom. The summed E-state index contributed by atoms with van der Waals surface area (Å²) in [6.07, 6.45) is 12.7. The van der Waals surface area contributed by atoms with Gasteiger partial charge in [0.1, 0.15) is 11.6 Å². The highest BCUT2D eigenvalue weighted by Crippen LogP contribution is 2.55. The summed E-state index contributed by atoms with van der Waals surface area (Å²) in [6.45, 7) is 4.18. The van der Waals surface area contributed by atoms with Crippen LogP contribution in [0.15, 0.2) is 41.3 Å². The number of amides is 3. The summed E-state index contributed by atoms with van der Waals surface area (Å²) in [5.74, 6) is -1.97. The molecule has 3 fully saturated rings. The van der Waals surface area contributed by atoms with Crippen LogP contribution in [0.25, 0.3) is 0 Å². The molecule has 1 saturated carbocycles. The maximum Gasteiger partial charge on any atom is 0.246 e. The third-order valence-corrected chi connectivity index (χ3v) is 9.56. The SMILES string of the molecule is CCCCN(C)CCN1C(=O)[C@@H]2[C@@H](C(=O)Nc3cccc(SC)c3)[C@@H]3C=C[C@@]2(O3)[C@H]1C(=O)NC1CCCCC1. The topological polar surface area (TPSA) is 91.0 Å². The van der Waals surface area contributed by atoms with Crippen molar-refractivity contribution in [1.82, 2.24) is 15.1 Å². The lowest BCUT2D eigenvalue weighted by molar-refractivity contribution is -0.141. The highest BCUT2D eigenvalue weighted by Gasteiger charge is 2.72. The van der Waals surface area contributed by atoms with Gasteiger partial charge in [0.15, 0.2) is 0 Å². The van der Waals surface area contributed by atoms with Crippen LogP contribution in [0.4, 0.5) is 5.69 Å². The van der Waals surface area contributed by atoms with E-state index in [4.69, 9.17) is 4.74 Å². The molecule has 1 spiro atoms. The zero-order valence-corrected chi connectivity index (χ0v) is 24.2. The summed E-state index contributed by atoms with van der Waals surface area (Å²) < 4.78 is 6.48. The Labute approximate surface area is 236 Å². The molecule has 4 aliphatic rings. The van der Waals surface area contributed by atoms with Crippen molar-refractivity contribution in [3.8, 4) is 0 Å². The van der Waals surface area contributed by atoms with Crippen molar-refractivity contribution in [2.24, 2.45) is 11.8 Å². The first-order chi connectivity index (χ1) is 18.9. The van der Waals surface area contributed by atoms with E-state index in [1.807, 2.05) is 49.7 Å². The van der Waals surface area contributed by atoms with Gasteiger partial charge in [-0.2, -0.15) is 0 Å². The Morgan fingerprint density at radius 3 is 2.72 bits per heavy atom. The van der Waals surface area contributed by atoms with Crippen molar-refractivity contribution in [3.63, 3.8) is 0 Å². The van der Waals surface area contributed by atoms with Crippen LogP contribution in [-0.2, 0) is 19.1 Å². The third kappa shape index (κ3) is 5.50. The molecule has 39 heavy (non-hydrogen) atoms. The van der Waals surface area contributed by atoms with E-state index < -0.39 is 29.6 Å². The zero-order valence-electron chi connectivity index (χ0n) is 23.4. The summed E-state index contributed by atoms with van der Waals surface area (Å²) >= 11 is 1.60. The quantitative estimate of drug-likeness (QED) is 0.320. The fourth-order valence-corrected chi connectivity index (χ4v) is 7.24. The molecular formula is C30H42N4O4S. The second-order valence-electron chi connectivity index (χ2n) is 11.5. The molecule has 5 atom stereocenters. The van der Waals surface area contributed by atoms with E-state index >= 15 is 0 Å². The van der Waals surface area contributed by atoms with Crippen LogP contribution >= 0.6 is 11.8 Å². The Kier molecular flexibility index (Phi) is 8.69. The molecule has 1 aromatic carbocycles. The molecule has 0 aromatic heterocycles. The molecule has 2 N–H and O–H groups in total. The van der Waals surface area contributed by atoms with Crippen molar-refractivity contribution < 1.29 is 19.1 Å². The summed E-state index contributed by atoms with van der Waals surface area (Å²) in [5, 5.41) is 6.28. The first-order valence-electron chi connectivity index (χ1n) is 14.5. The second kappa shape index (κ2) is 12.0. The molecule has 3 amide bonds. The highest BCUT2D eigenvalue weighted by molar-refractivity contribution is 7.98. The van der Waals surface area contributed by atoms with Gasteiger partial charge in [0.2, 0.25) is 17.7 Å². The summed E-state index contributed by atoms with van der Waals surface area (Å²) in [6, 6.07) is 7.02. The van der Waals surface area contributed by atoms with Crippen LogP contribution in [0.1, 0.15) is 51.9 Å². The van der Waals surface area contributed by atoms with Gasteiger partial charge in [0.05, 0.1) is 17.9 Å². The van der Waals surface area contributed by atoms with E-state index in [0.29, 0.717) is 18.8 Å². The molecule has 9 heteroatoms. The standard InChI is InChI=1S/C30H42N4O4S/c1-4-5-16-33(2)17-18-34-26(28(36)31-20-10-7-6-8-11-20)30-15-14-23(38-30)24(25(30)29(34)37)27(35)32-21-12-9-13-22(19-21)39-3/h9,12-15,19-20,23-26H,4-8,10-11,16-18H2,1-3H3,(H,31,36)(H,32,35)/t23-,24-,25-,26+,30-/m0/s1. The molecule has 1 aromatic rings. The van der Waals surface area contributed by atoms with Gasteiger partial charge in [-0.15, -0.1) is 11.8 Å². The van der Waals surface area contributed by atoms with Crippen LogP contribution in [-0.4, -0.2) is 84.2 Å². The maximum atomic E-state index is 14.1. The first kappa shape index (κ1) is 28.2. The van der Waals surface area contributed by atoms with E-state index in [0.717, 1.165) is 50.0 Å². The minimum Gasteiger partial charge on any atom is -0.359 e. The molecule has 2 saturated heterocycles. The molecule has 8 nitrogen and oxygen atoms in total. The summed E-state index contributed by atoms with van der Waals surface area (Å²) in [5.41, 5.74) is -0.426. The number of fused-ring (bicyclic) bond motifs is 1. The number of hydrogen-bond acceptors (Lipinski definition) is 6. The number of nitrogens with one attached hydrogen (secondary N) is 2. The molecule has 5 rings (SSSR count). The van der Waals surface area contributed by atoms with Crippen molar-refractivity contribution >= 4 is 35.2 Å². The third-order valence-electron chi connectivity index (χ3n) is 8.83. The van der Waals surface area contributed by atoms with Gasteiger partial charge < -0.3 is 25.2 Å². The van der Waals surface area contributed by atoms with Crippen LogP contribution in [0, 0.1) is 11.8 Å². The molecule has 0 unspecified atom stereocenters. The smallest absolute Gasteiger partial charge is 0.246 e. The average molecular weight is 555 g/mol. The fraction of sp³-hybridized carbons (Fsp3) is 0.633. The van der Waals surface area contributed by atoms with E-state index in [1.165, 1.54) is 6.42 Å². The maximum absolute atomic E-state index is 14.1. The molecule has 1 aliphatic carbocycles. The lowest BCUT2D eigenvalue weighted by Gasteiger charge is -2.34. The van der Waals surface area contributed by atoms with Gasteiger partial charge in [-0.25, -0.2) is 0 Å². The van der Waals surface area contributed by atoms with Crippen LogP contribution in [0.3, 0.4) is 0 Å². The van der Waals surface area contributed by atoms with Gasteiger partial charge in [-0.3, -0.25) is 14.4 Å².